The van der Waals surface area contributed by atoms with Crippen LogP contribution < -0.4 is 5.73 Å². The molecule has 23 nitrogen and oxygen atoms in total. The first kappa shape index (κ1) is 41.4. The molecule has 12 atom stereocenters. The molecule has 0 bridgehead atoms. The summed E-state index contributed by atoms with van der Waals surface area (Å²) in [4.78, 5) is 76.4. The highest BCUT2D eigenvalue weighted by molar-refractivity contribution is 8.08. The molecule has 2 aliphatic rings. The van der Waals surface area contributed by atoms with Gasteiger partial charge < -0.3 is 58.7 Å². The van der Waals surface area contributed by atoms with Gasteiger partial charge in [-0.1, -0.05) is 0 Å². The molecular formula is C25H34FN5O18P2S. The van der Waals surface area contributed by atoms with Crippen LogP contribution in [0.25, 0.3) is 11.0 Å². The minimum Gasteiger partial charge on any atom is -0.463 e. The molecule has 0 aliphatic carbocycles. The van der Waals surface area contributed by atoms with Crippen molar-refractivity contribution in [2.45, 2.75) is 89.1 Å². The molecule has 2 aromatic heterocycles. The second kappa shape index (κ2) is 16.8. The number of hydrogen-bond acceptors (Lipinski definition) is 21. The first-order valence-corrected chi connectivity index (χ1v) is 18.9. The lowest BCUT2D eigenvalue weighted by molar-refractivity contribution is -0.296. The largest absolute Gasteiger partial charge is 0.481 e. The number of aliphatic hydroxyl groups excluding tert-OH is 2. The Labute approximate surface area is 297 Å². The van der Waals surface area contributed by atoms with E-state index in [1.165, 1.54) is 6.20 Å². The molecule has 0 saturated carbocycles. The third-order valence-electron chi connectivity index (χ3n) is 7.08. The minimum atomic E-state index is -5.73. The molecule has 2 fully saturated rings. The van der Waals surface area contributed by atoms with Gasteiger partial charge in [-0.2, -0.15) is 5.10 Å². The number of phosphoric ester groups is 1. The number of fused-ring (bicyclic) bond motifs is 1. The van der Waals surface area contributed by atoms with Gasteiger partial charge in [-0.3, -0.25) is 23.7 Å². The lowest BCUT2D eigenvalue weighted by Crippen LogP contribution is -2.64. The van der Waals surface area contributed by atoms with Crippen LogP contribution in [-0.2, 0) is 77.3 Å². The molecule has 2 aromatic rings. The smallest absolute Gasteiger partial charge is 0.463 e. The average Bonchev–Trinajstić information content (AvgIpc) is 3.57. The number of anilines is 1. The highest BCUT2D eigenvalue weighted by Gasteiger charge is 2.57. The van der Waals surface area contributed by atoms with Crippen molar-refractivity contribution in [1.82, 2.24) is 19.7 Å². The highest BCUT2D eigenvalue weighted by atomic mass is 32.5. The topological polar surface area (TPSA) is 319 Å². The number of aromatic nitrogens is 4. The van der Waals surface area contributed by atoms with E-state index in [1.807, 2.05) is 0 Å². The quantitative estimate of drug-likeness (QED) is 0.0852. The molecule has 290 valence electrons. The van der Waals surface area contributed by atoms with Crippen LogP contribution >= 0.6 is 14.5 Å². The summed E-state index contributed by atoms with van der Waals surface area (Å²) in [5.41, 5.74) is 5.94. The number of ether oxygens (including phenoxy) is 6. The maximum absolute atomic E-state index is 15.4. The summed E-state index contributed by atoms with van der Waals surface area (Å²) in [6, 6.07) is 0. The number of nitrogen functional groups attached to an aromatic ring is 1. The van der Waals surface area contributed by atoms with E-state index < -0.39 is 113 Å². The molecule has 0 spiro atoms. The summed E-state index contributed by atoms with van der Waals surface area (Å²) in [6.07, 6.45) is -16.5. The van der Waals surface area contributed by atoms with Gasteiger partial charge in [-0.15, -0.1) is 0 Å². The Morgan fingerprint density at radius 1 is 0.981 bits per heavy atom. The van der Waals surface area contributed by atoms with Crippen LogP contribution in [0.1, 0.15) is 33.9 Å². The van der Waals surface area contributed by atoms with Crippen LogP contribution in [0.4, 0.5) is 10.2 Å². The average molecular weight is 806 g/mol. The van der Waals surface area contributed by atoms with Crippen molar-refractivity contribution in [2.24, 2.45) is 0 Å². The molecule has 2 aliphatic heterocycles. The fraction of sp³-hybridized carbons (Fsp3) is 0.640. The van der Waals surface area contributed by atoms with E-state index in [4.69, 9.17) is 50.3 Å². The molecule has 0 radical (unpaired) electrons. The number of aliphatic hydroxyl groups is 2. The summed E-state index contributed by atoms with van der Waals surface area (Å²) in [6.45, 7) is -3.13. The van der Waals surface area contributed by atoms with Crippen LogP contribution in [0.5, 0.6) is 0 Å². The van der Waals surface area contributed by atoms with Gasteiger partial charge in [0.05, 0.1) is 18.2 Å². The van der Waals surface area contributed by atoms with Crippen molar-refractivity contribution in [3.05, 3.63) is 12.5 Å². The van der Waals surface area contributed by atoms with E-state index in [2.05, 4.69) is 24.1 Å². The summed E-state index contributed by atoms with van der Waals surface area (Å²) in [5.74, 6) is -4.11. The standard InChI is InChI=1S/C25H34FN5O18P2S/c1-9(32)41-6-14(26)18-19(43-10(2)33)20(44-11(3)34)21(45-12(4)35)25(47-18)48-50(38,39)49-51(40,52)42-7-15-16(36)17(37)24(46-15)31-23-13(5-30-31)22(27)28-8-29-23/h5,8,14-21,24-25,36-37H,6-7H2,1-4H3,(H,38,39)(H,40,52)(H2,27,28,29)/t14-,15+,16+,17+,18+,19+,20-,21-,24+,25-,51?/m0/s1. The van der Waals surface area contributed by atoms with Crippen LogP contribution in [-0.4, -0.2) is 132 Å². The first-order chi connectivity index (χ1) is 24.2. The van der Waals surface area contributed by atoms with Crippen molar-refractivity contribution in [3.8, 4) is 0 Å². The molecular weight excluding hydrogens is 771 g/mol. The van der Waals surface area contributed by atoms with E-state index in [0.29, 0.717) is 5.39 Å². The molecule has 0 amide bonds. The fourth-order valence-electron chi connectivity index (χ4n) is 5.08. The number of rotatable bonds is 14. The molecule has 2 saturated heterocycles. The fourth-order valence-corrected chi connectivity index (χ4v) is 8.17. The van der Waals surface area contributed by atoms with E-state index in [-0.39, 0.29) is 11.5 Å². The van der Waals surface area contributed by atoms with Crippen LogP contribution in [0, 0.1) is 0 Å². The second-order valence-electron chi connectivity index (χ2n) is 11.1. The SMILES string of the molecule is CC(=O)OC[C@H](F)[C@H]1O[C@@H](OP(=O)(O)OP(O)(=S)OC[C@H]2O[C@@H](n3ncc4c(N)ncnc43)[C@H](O)[C@@H]2O)[C@@H](OC(C)=O)[C@@H](OC(C)=O)[C@@H]1OC(C)=O. The van der Waals surface area contributed by atoms with Gasteiger partial charge in [0.1, 0.15) is 43.2 Å². The number of nitrogens with zero attached hydrogens (tertiary/aromatic N) is 4. The Morgan fingerprint density at radius 2 is 1.60 bits per heavy atom. The lowest BCUT2D eigenvalue weighted by atomic mass is 9.95. The molecule has 52 heavy (non-hydrogen) atoms. The first-order valence-electron chi connectivity index (χ1n) is 14.8. The van der Waals surface area contributed by atoms with Gasteiger partial charge in [-0.05, 0) is 11.8 Å². The van der Waals surface area contributed by atoms with Gasteiger partial charge >= 0.3 is 38.4 Å². The molecule has 27 heteroatoms. The van der Waals surface area contributed by atoms with E-state index in [9.17, 15) is 43.7 Å². The number of nitrogens with two attached hydrogens (primary N) is 1. The predicted octanol–water partition coefficient (Wildman–Crippen LogP) is -1.18. The minimum absolute atomic E-state index is 0.0730. The number of carbonyl (C=O) groups excluding carboxylic acids is 4. The van der Waals surface area contributed by atoms with E-state index in [1.54, 1.807) is 0 Å². The van der Waals surface area contributed by atoms with Crippen molar-refractivity contribution >= 4 is 67.1 Å². The van der Waals surface area contributed by atoms with Gasteiger partial charge in [-0.25, -0.2) is 27.9 Å². The number of alkyl halides is 1. The summed E-state index contributed by atoms with van der Waals surface area (Å²) >= 11 is 4.82. The Bertz CT molecular complexity index is 1760. The van der Waals surface area contributed by atoms with E-state index >= 15 is 4.39 Å². The van der Waals surface area contributed by atoms with Crippen molar-refractivity contribution in [1.29, 1.82) is 0 Å². The van der Waals surface area contributed by atoms with Crippen LogP contribution in [0.3, 0.4) is 0 Å². The lowest BCUT2D eigenvalue weighted by Gasteiger charge is -2.44. The summed E-state index contributed by atoms with van der Waals surface area (Å²) < 4.78 is 75.5. The number of halogens is 1. The van der Waals surface area contributed by atoms with Crippen molar-refractivity contribution in [3.63, 3.8) is 0 Å². The number of hydrogen-bond donors (Lipinski definition) is 5. The number of phosphoric acid groups is 1. The number of carbonyl (C=O) groups is 4. The highest BCUT2D eigenvalue weighted by Crippen LogP contribution is 2.62. The zero-order valence-electron chi connectivity index (χ0n) is 27.4. The van der Waals surface area contributed by atoms with Crippen LogP contribution in [0.15, 0.2) is 12.5 Å². The van der Waals surface area contributed by atoms with Crippen molar-refractivity contribution < 1.29 is 89.9 Å². The molecule has 4 heterocycles. The Morgan fingerprint density at radius 3 is 2.21 bits per heavy atom. The molecule has 4 rings (SSSR count). The Kier molecular flexibility index (Phi) is 13.4. The zero-order chi connectivity index (χ0) is 38.7. The maximum atomic E-state index is 15.4. The predicted molar refractivity (Wildman–Crippen MR) is 167 cm³/mol. The van der Waals surface area contributed by atoms with Gasteiger partial charge in [0.2, 0.25) is 6.29 Å². The van der Waals surface area contributed by atoms with Crippen LogP contribution in [0.2, 0.25) is 0 Å². The molecule has 0 aromatic carbocycles. The molecule has 6 N–H and O–H groups in total. The third-order valence-corrected chi connectivity index (χ3v) is 10.6. The number of esters is 4. The summed E-state index contributed by atoms with van der Waals surface area (Å²) in [5, 5.41) is 25.6. The molecule has 2 unspecified atom stereocenters. The zero-order valence-corrected chi connectivity index (χ0v) is 30.0. The van der Waals surface area contributed by atoms with Gasteiger partial charge in [0.25, 0.3) is 0 Å². The Hall–Kier alpha value is -3.32. The Balaban J connectivity index is 1.52. The maximum Gasteiger partial charge on any atom is 0.481 e. The summed E-state index contributed by atoms with van der Waals surface area (Å²) in [7, 11) is -5.73. The van der Waals surface area contributed by atoms with E-state index in [0.717, 1.165) is 38.7 Å². The monoisotopic (exact) mass is 805 g/mol. The van der Waals surface area contributed by atoms with Crippen molar-refractivity contribution in [2.75, 3.05) is 18.9 Å². The second-order valence-corrected chi connectivity index (χ2v) is 15.4. The third kappa shape index (κ3) is 10.2. The normalized spacial score (nSPS) is 30.4. The van der Waals surface area contributed by atoms with Gasteiger partial charge in [0, 0.05) is 27.7 Å². The van der Waals surface area contributed by atoms with Gasteiger partial charge in [0.15, 0.2) is 36.4 Å².